The first-order valence-electron chi connectivity index (χ1n) is 6.11. The highest BCUT2D eigenvalue weighted by molar-refractivity contribution is 5.09. The molecule has 78 valence electrons. The highest BCUT2D eigenvalue weighted by atomic mass is 16.6. The van der Waals surface area contributed by atoms with E-state index in [0.717, 1.165) is 31.0 Å². The van der Waals surface area contributed by atoms with Crippen molar-refractivity contribution in [1.29, 1.82) is 0 Å². The van der Waals surface area contributed by atoms with Gasteiger partial charge in [-0.2, -0.15) is 0 Å². The van der Waals surface area contributed by atoms with Crippen molar-refractivity contribution in [1.82, 2.24) is 0 Å². The molecule has 5 fully saturated rings. The Morgan fingerprint density at radius 1 is 0.929 bits per heavy atom. The molecule has 1 aliphatic heterocycles. The van der Waals surface area contributed by atoms with Crippen LogP contribution in [0.1, 0.15) is 32.1 Å². The third kappa shape index (κ3) is 0.892. The van der Waals surface area contributed by atoms with Crippen LogP contribution in [0, 0.1) is 17.8 Å². The molecule has 5 aliphatic rings. The lowest BCUT2D eigenvalue weighted by molar-refractivity contribution is -0.282. The van der Waals surface area contributed by atoms with Crippen LogP contribution in [0.2, 0.25) is 0 Å². The fourth-order valence-electron chi connectivity index (χ4n) is 4.83. The summed E-state index contributed by atoms with van der Waals surface area (Å²) >= 11 is 0. The average Bonchev–Trinajstić information content (AvgIpc) is 2.15. The van der Waals surface area contributed by atoms with Crippen molar-refractivity contribution in [2.24, 2.45) is 17.8 Å². The van der Waals surface area contributed by atoms with E-state index in [1.807, 2.05) is 0 Å². The van der Waals surface area contributed by atoms with Crippen molar-refractivity contribution in [2.45, 2.75) is 43.8 Å². The Balaban J connectivity index is 1.75. The highest BCUT2D eigenvalue weighted by Crippen LogP contribution is 2.58. The molecule has 0 amide bonds. The van der Waals surface area contributed by atoms with Crippen LogP contribution in [0.25, 0.3) is 0 Å². The van der Waals surface area contributed by atoms with Gasteiger partial charge in [0.25, 0.3) is 0 Å². The minimum Gasteiger partial charge on any atom is -0.373 e. The smallest absolute Gasteiger partial charge is 0.0952 e. The van der Waals surface area contributed by atoms with E-state index in [1.165, 1.54) is 32.1 Å². The second-order valence-corrected chi connectivity index (χ2v) is 5.81. The lowest BCUT2D eigenvalue weighted by Gasteiger charge is -2.61. The normalized spacial score (nSPS) is 60.0. The Hall–Kier alpha value is -0.0800. The Morgan fingerprint density at radius 2 is 1.71 bits per heavy atom. The lowest BCUT2D eigenvalue weighted by atomic mass is 9.52. The second kappa shape index (κ2) is 2.53. The van der Waals surface area contributed by atoms with Crippen LogP contribution in [0.4, 0.5) is 0 Å². The van der Waals surface area contributed by atoms with Gasteiger partial charge in [0.15, 0.2) is 0 Å². The van der Waals surface area contributed by atoms with Crippen molar-refractivity contribution < 1.29 is 9.47 Å². The molecule has 2 nitrogen and oxygen atoms in total. The van der Waals surface area contributed by atoms with Gasteiger partial charge in [-0.25, -0.2) is 0 Å². The third-order valence-electron chi connectivity index (χ3n) is 4.92. The Morgan fingerprint density at radius 3 is 2.50 bits per heavy atom. The molecular formula is C12H18O2. The predicted molar refractivity (Wildman–Crippen MR) is 52.0 cm³/mol. The first kappa shape index (κ1) is 8.12. The van der Waals surface area contributed by atoms with Crippen LogP contribution < -0.4 is 0 Å². The molecule has 1 spiro atoms. The van der Waals surface area contributed by atoms with Crippen LogP contribution in [0.15, 0.2) is 0 Å². The number of ether oxygens (including phenoxy) is 2. The molecule has 14 heavy (non-hydrogen) atoms. The Bertz CT molecular complexity index is 249. The van der Waals surface area contributed by atoms with Crippen LogP contribution in [0.5, 0.6) is 0 Å². The largest absolute Gasteiger partial charge is 0.373 e. The molecule has 1 saturated heterocycles. The maximum absolute atomic E-state index is 6.12. The maximum atomic E-state index is 6.12. The molecule has 0 N–H and O–H groups in total. The standard InChI is InChI=1S/C12H18O2/c1-2-14-12-6-8-3-9(7-12)5-10(4-8)11(12)13-1/h8-11H,1-7H2. The van der Waals surface area contributed by atoms with Gasteiger partial charge >= 0.3 is 0 Å². The summed E-state index contributed by atoms with van der Waals surface area (Å²) in [6, 6.07) is 0. The summed E-state index contributed by atoms with van der Waals surface area (Å²) < 4.78 is 12.1. The van der Waals surface area contributed by atoms with Gasteiger partial charge in [0, 0.05) is 0 Å². The fourth-order valence-corrected chi connectivity index (χ4v) is 4.83. The van der Waals surface area contributed by atoms with Gasteiger partial charge in [0.05, 0.1) is 24.9 Å². The van der Waals surface area contributed by atoms with E-state index in [1.54, 1.807) is 0 Å². The van der Waals surface area contributed by atoms with E-state index in [-0.39, 0.29) is 5.60 Å². The van der Waals surface area contributed by atoms with Crippen LogP contribution in [0.3, 0.4) is 0 Å². The third-order valence-corrected chi connectivity index (χ3v) is 4.92. The van der Waals surface area contributed by atoms with Gasteiger partial charge in [0.1, 0.15) is 0 Å². The molecule has 0 aromatic rings. The topological polar surface area (TPSA) is 18.5 Å². The highest BCUT2D eigenvalue weighted by Gasteiger charge is 2.59. The van der Waals surface area contributed by atoms with Gasteiger partial charge in [0.2, 0.25) is 0 Å². The molecule has 1 heterocycles. The van der Waals surface area contributed by atoms with E-state index in [0.29, 0.717) is 6.10 Å². The average molecular weight is 194 g/mol. The van der Waals surface area contributed by atoms with Crippen molar-refractivity contribution in [2.75, 3.05) is 13.2 Å². The van der Waals surface area contributed by atoms with E-state index >= 15 is 0 Å². The fraction of sp³-hybridized carbons (Fsp3) is 1.00. The van der Waals surface area contributed by atoms with Crippen molar-refractivity contribution >= 4 is 0 Å². The minimum absolute atomic E-state index is 0.174. The molecule has 4 bridgehead atoms. The zero-order valence-corrected chi connectivity index (χ0v) is 8.58. The molecule has 3 atom stereocenters. The first-order valence-corrected chi connectivity index (χ1v) is 6.11. The maximum Gasteiger partial charge on any atom is 0.0952 e. The Kier molecular flexibility index (Phi) is 1.47. The van der Waals surface area contributed by atoms with Crippen molar-refractivity contribution in [3.05, 3.63) is 0 Å². The van der Waals surface area contributed by atoms with E-state index in [9.17, 15) is 0 Å². The lowest BCUT2D eigenvalue weighted by Crippen LogP contribution is -2.64. The molecule has 4 aliphatic carbocycles. The van der Waals surface area contributed by atoms with Crippen LogP contribution >= 0.6 is 0 Å². The monoisotopic (exact) mass is 194 g/mol. The van der Waals surface area contributed by atoms with E-state index in [2.05, 4.69) is 0 Å². The first-order chi connectivity index (χ1) is 6.86. The van der Waals surface area contributed by atoms with Gasteiger partial charge in [-0.1, -0.05) is 0 Å². The Labute approximate surface area is 85.0 Å². The summed E-state index contributed by atoms with van der Waals surface area (Å²) in [5, 5.41) is 0. The predicted octanol–water partition coefficient (Wildman–Crippen LogP) is 1.98. The number of hydrogen-bond donors (Lipinski definition) is 0. The summed E-state index contributed by atoms with van der Waals surface area (Å²) in [6.07, 6.45) is 7.38. The summed E-state index contributed by atoms with van der Waals surface area (Å²) in [5.41, 5.74) is 0.174. The molecule has 5 rings (SSSR count). The van der Waals surface area contributed by atoms with Crippen molar-refractivity contribution in [3.8, 4) is 0 Å². The zero-order chi connectivity index (χ0) is 9.17. The summed E-state index contributed by atoms with van der Waals surface area (Å²) in [7, 11) is 0. The molecule has 4 saturated carbocycles. The van der Waals surface area contributed by atoms with Gasteiger partial charge < -0.3 is 9.47 Å². The minimum atomic E-state index is 0.174. The molecule has 2 heteroatoms. The quantitative estimate of drug-likeness (QED) is 0.587. The van der Waals surface area contributed by atoms with Crippen molar-refractivity contribution in [3.63, 3.8) is 0 Å². The zero-order valence-electron chi connectivity index (χ0n) is 8.58. The molecule has 0 radical (unpaired) electrons. The van der Waals surface area contributed by atoms with Crippen LogP contribution in [-0.4, -0.2) is 24.9 Å². The van der Waals surface area contributed by atoms with E-state index < -0.39 is 0 Å². The van der Waals surface area contributed by atoms with Crippen LogP contribution in [-0.2, 0) is 9.47 Å². The molecular weight excluding hydrogens is 176 g/mol. The molecule has 0 aromatic carbocycles. The van der Waals surface area contributed by atoms with Gasteiger partial charge in [-0.3, -0.25) is 0 Å². The number of hydrogen-bond acceptors (Lipinski definition) is 2. The van der Waals surface area contributed by atoms with Gasteiger partial charge in [-0.15, -0.1) is 0 Å². The molecule has 3 unspecified atom stereocenters. The second-order valence-electron chi connectivity index (χ2n) is 5.81. The summed E-state index contributed by atoms with van der Waals surface area (Å²) in [5.74, 6) is 2.76. The SMILES string of the molecule is C1COC23CC4CC(CC(C4)C2O1)C3. The number of rotatable bonds is 0. The summed E-state index contributed by atoms with van der Waals surface area (Å²) in [4.78, 5) is 0. The summed E-state index contributed by atoms with van der Waals surface area (Å²) in [6.45, 7) is 1.67. The van der Waals surface area contributed by atoms with Gasteiger partial charge in [-0.05, 0) is 49.9 Å². The molecule has 0 aromatic heterocycles. The van der Waals surface area contributed by atoms with E-state index in [4.69, 9.17) is 9.47 Å².